The number of nitrogens with zero attached hydrogens (tertiary/aromatic N) is 5. The van der Waals surface area contributed by atoms with Gasteiger partial charge >= 0.3 is 6.03 Å². The number of urea groups is 1. The molecule has 0 saturated carbocycles. The Balaban J connectivity index is 1.48. The number of amides is 2. The van der Waals surface area contributed by atoms with Crippen molar-refractivity contribution in [2.75, 3.05) is 5.32 Å². The molecule has 4 aromatic rings. The van der Waals surface area contributed by atoms with Gasteiger partial charge in [-0.3, -0.25) is 9.72 Å². The zero-order valence-electron chi connectivity index (χ0n) is 13.1. The smallest absolute Gasteiger partial charge is 0.320 e. The molecule has 2 amide bonds. The standard InChI is InChI=1S/C15H13N7O2S/c1-9-17-14(24-21-9)10-4-5-22-11(7-10)19-20-12(22)8-16-15(23)18-13-3-2-6-25-13/h2-7H,8H2,1H3,(H2,16,18,23). The molecule has 0 bridgehead atoms. The van der Waals surface area contributed by atoms with E-state index in [9.17, 15) is 4.79 Å². The number of nitrogens with one attached hydrogen (secondary N) is 2. The van der Waals surface area contributed by atoms with Crippen LogP contribution in [0.1, 0.15) is 11.6 Å². The molecule has 0 aliphatic rings. The molecule has 25 heavy (non-hydrogen) atoms. The van der Waals surface area contributed by atoms with E-state index in [-0.39, 0.29) is 12.6 Å². The van der Waals surface area contributed by atoms with Gasteiger partial charge in [0.2, 0.25) is 0 Å². The number of rotatable bonds is 4. The van der Waals surface area contributed by atoms with Crippen LogP contribution in [-0.4, -0.2) is 30.8 Å². The van der Waals surface area contributed by atoms with Crippen LogP contribution >= 0.6 is 11.3 Å². The Kier molecular flexibility index (Phi) is 3.86. The van der Waals surface area contributed by atoms with E-state index in [4.69, 9.17) is 4.52 Å². The predicted molar refractivity (Wildman–Crippen MR) is 91.2 cm³/mol. The predicted octanol–water partition coefficient (Wildman–Crippen LogP) is 2.47. The number of aromatic nitrogens is 5. The second-order valence-electron chi connectivity index (χ2n) is 5.19. The molecule has 10 heteroatoms. The number of fused-ring (bicyclic) bond motifs is 1. The molecular weight excluding hydrogens is 342 g/mol. The summed E-state index contributed by atoms with van der Waals surface area (Å²) in [7, 11) is 0. The molecule has 0 aliphatic heterocycles. The Hall–Kier alpha value is -3.27. The lowest BCUT2D eigenvalue weighted by Crippen LogP contribution is -2.28. The second kappa shape index (κ2) is 6.32. The minimum Gasteiger partial charge on any atom is -0.334 e. The van der Waals surface area contributed by atoms with Crippen LogP contribution in [0.4, 0.5) is 9.80 Å². The third-order valence-electron chi connectivity index (χ3n) is 3.42. The summed E-state index contributed by atoms with van der Waals surface area (Å²) >= 11 is 1.45. The van der Waals surface area contributed by atoms with Gasteiger partial charge in [0.25, 0.3) is 5.89 Å². The number of carbonyl (C=O) groups excluding carboxylic acids is 1. The molecule has 0 aromatic carbocycles. The van der Waals surface area contributed by atoms with Crippen molar-refractivity contribution in [1.82, 2.24) is 30.1 Å². The lowest BCUT2D eigenvalue weighted by Gasteiger charge is -2.05. The first-order valence-corrected chi connectivity index (χ1v) is 8.30. The zero-order chi connectivity index (χ0) is 17.2. The number of pyridine rings is 1. The van der Waals surface area contributed by atoms with E-state index in [1.54, 1.807) is 23.6 Å². The van der Waals surface area contributed by atoms with E-state index in [2.05, 4.69) is 31.0 Å². The molecule has 126 valence electrons. The Morgan fingerprint density at radius 3 is 3.04 bits per heavy atom. The third-order valence-corrected chi connectivity index (χ3v) is 4.21. The van der Waals surface area contributed by atoms with Gasteiger partial charge < -0.3 is 9.84 Å². The highest BCUT2D eigenvalue weighted by atomic mass is 32.1. The molecule has 0 radical (unpaired) electrons. The van der Waals surface area contributed by atoms with Gasteiger partial charge in [-0.15, -0.1) is 21.5 Å². The Labute approximate surface area is 145 Å². The quantitative estimate of drug-likeness (QED) is 0.582. The van der Waals surface area contributed by atoms with Crippen LogP contribution in [0, 0.1) is 6.92 Å². The van der Waals surface area contributed by atoms with Crippen LogP contribution in [0.5, 0.6) is 0 Å². The number of hydrogen-bond donors (Lipinski definition) is 2. The maximum atomic E-state index is 11.9. The highest BCUT2D eigenvalue weighted by Crippen LogP contribution is 2.19. The first-order valence-electron chi connectivity index (χ1n) is 7.42. The Morgan fingerprint density at radius 2 is 2.28 bits per heavy atom. The van der Waals surface area contributed by atoms with E-state index < -0.39 is 0 Å². The highest BCUT2D eigenvalue weighted by molar-refractivity contribution is 7.14. The largest absolute Gasteiger partial charge is 0.334 e. The van der Waals surface area contributed by atoms with Crippen LogP contribution in [0.25, 0.3) is 17.1 Å². The average Bonchev–Trinajstić information content (AvgIpc) is 3.33. The molecule has 0 spiro atoms. The van der Waals surface area contributed by atoms with Gasteiger partial charge in [-0.1, -0.05) is 5.16 Å². The summed E-state index contributed by atoms with van der Waals surface area (Å²) in [6.45, 7) is 2.00. The molecule has 2 N–H and O–H groups in total. The van der Waals surface area contributed by atoms with Crippen LogP contribution < -0.4 is 10.6 Å². The number of anilines is 1. The molecule has 9 nitrogen and oxygen atoms in total. The fourth-order valence-corrected chi connectivity index (χ4v) is 2.89. The number of hydrogen-bond acceptors (Lipinski definition) is 7. The maximum absolute atomic E-state index is 11.9. The first-order chi connectivity index (χ1) is 12.2. The molecular formula is C15H13N7O2S. The number of thiophene rings is 1. The van der Waals surface area contributed by atoms with E-state index >= 15 is 0 Å². The minimum atomic E-state index is -0.294. The van der Waals surface area contributed by atoms with Gasteiger partial charge in [-0.2, -0.15) is 4.98 Å². The van der Waals surface area contributed by atoms with Gasteiger partial charge in [-0.25, -0.2) is 4.79 Å². The Morgan fingerprint density at radius 1 is 1.36 bits per heavy atom. The van der Waals surface area contributed by atoms with Gasteiger partial charge in [0.05, 0.1) is 11.5 Å². The van der Waals surface area contributed by atoms with Crippen LogP contribution in [0.15, 0.2) is 40.4 Å². The van der Waals surface area contributed by atoms with Crippen molar-refractivity contribution in [3.8, 4) is 11.5 Å². The summed E-state index contributed by atoms with van der Waals surface area (Å²) in [5.41, 5.74) is 1.39. The van der Waals surface area contributed by atoms with Crippen LogP contribution in [0.3, 0.4) is 0 Å². The SMILES string of the molecule is Cc1noc(-c2ccn3c(CNC(=O)Nc4cccs4)nnc3c2)n1. The number of aryl methyl sites for hydroxylation is 1. The van der Waals surface area contributed by atoms with E-state index in [1.165, 1.54) is 11.3 Å². The summed E-state index contributed by atoms with van der Waals surface area (Å²) < 4.78 is 6.94. The summed E-state index contributed by atoms with van der Waals surface area (Å²) in [5, 5.41) is 20.2. The van der Waals surface area contributed by atoms with Gasteiger partial charge in [0, 0.05) is 11.8 Å². The van der Waals surface area contributed by atoms with Crippen molar-refractivity contribution in [3.63, 3.8) is 0 Å². The normalized spacial score (nSPS) is 10.9. The lowest BCUT2D eigenvalue weighted by molar-refractivity contribution is 0.251. The molecule has 0 fully saturated rings. The molecule has 4 heterocycles. The van der Waals surface area contributed by atoms with Crippen molar-refractivity contribution in [2.45, 2.75) is 13.5 Å². The maximum Gasteiger partial charge on any atom is 0.320 e. The summed E-state index contributed by atoms with van der Waals surface area (Å²) in [4.78, 5) is 16.1. The monoisotopic (exact) mass is 355 g/mol. The van der Waals surface area contributed by atoms with Crippen LogP contribution in [-0.2, 0) is 6.54 Å². The fraction of sp³-hybridized carbons (Fsp3) is 0.133. The van der Waals surface area contributed by atoms with Gasteiger partial charge in [-0.05, 0) is 36.6 Å². The molecule has 0 atom stereocenters. The summed E-state index contributed by atoms with van der Waals surface area (Å²) in [6, 6.07) is 7.04. The Bertz CT molecular complexity index is 1020. The molecule has 4 aromatic heterocycles. The van der Waals surface area contributed by atoms with Crippen molar-refractivity contribution in [2.24, 2.45) is 0 Å². The third kappa shape index (κ3) is 3.19. The van der Waals surface area contributed by atoms with E-state index in [0.717, 1.165) is 10.6 Å². The first kappa shape index (κ1) is 15.3. The number of carbonyl (C=O) groups is 1. The average molecular weight is 355 g/mol. The summed E-state index contributed by atoms with van der Waals surface area (Å²) in [6.07, 6.45) is 1.80. The topological polar surface area (TPSA) is 110 Å². The van der Waals surface area contributed by atoms with E-state index in [1.807, 2.05) is 23.6 Å². The fourth-order valence-electron chi connectivity index (χ4n) is 2.27. The van der Waals surface area contributed by atoms with Crippen molar-refractivity contribution in [3.05, 3.63) is 47.5 Å². The molecule has 0 unspecified atom stereocenters. The van der Waals surface area contributed by atoms with E-state index in [0.29, 0.717) is 23.2 Å². The van der Waals surface area contributed by atoms with Gasteiger partial charge in [0.15, 0.2) is 17.3 Å². The molecule has 4 rings (SSSR count). The van der Waals surface area contributed by atoms with Gasteiger partial charge in [0.1, 0.15) is 0 Å². The zero-order valence-corrected chi connectivity index (χ0v) is 13.9. The van der Waals surface area contributed by atoms with Crippen molar-refractivity contribution < 1.29 is 9.32 Å². The minimum absolute atomic E-state index is 0.247. The molecule has 0 aliphatic carbocycles. The lowest BCUT2D eigenvalue weighted by atomic mass is 10.2. The highest BCUT2D eigenvalue weighted by Gasteiger charge is 2.11. The van der Waals surface area contributed by atoms with Crippen molar-refractivity contribution in [1.29, 1.82) is 0 Å². The second-order valence-corrected chi connectivity index (χ2v) is 6.14. The van der Waals surface area contributed by atoms with Crippen molar-refractivity contribution >= 4 is 28.0 Å². The van der Waals surface area contributed by atoms with Crippen LogP contribution in [0.2, 0.25) is 0 Å². The molecule has 0 saturated heterocycles. The summed E-state index contributed by atoms with van der Waals surface area (Å²) in [5.74, 6) is 1.61.